The van der Waals surface area contributed by atoms with Crippen LogP contribution in [0.15, 0.2) is 0 Å². The minimum atomic E-state index is 0.984. The number of rotatable bonds is 6. The zero-order valence-electron chi connectivity index (χ0n) is 14.1. The molecule has 0 bridgehead atoms. The predicted molar refractivity (Wildman–Crippen MR) is 88.1 cm³/mol. The van der Waals surface area contributed by atoms with E-state index in [9.17, 15) is 0 Å². The molecule has 2 fully saturated rings. The Hall–Kier alpha value is -0.0800. The van der Waals surface area contributed by atoms with E-state index in [0.717, 1.165) is 17.8 Å². The summed E-state index contributed by atoms with van der Waals surface area (Å²) in [5.41, 5.74) is 0. The molecule has 1 aliphatic carbocycles. The van der Waals surface area contributed by atoms with Crippen LogP contribution in [-0.4, -0.2) is 49.6 Å². The average molecular weight is 280 g/mol. The first-order valence-corrected chi connectivity index (χ1v) is 9.08. The maximum absolute atomic E-state index is 2.62. The van der Waals surface area contributed by atoms with Gasteiger partial charge >= 0.3 is 0 Å². The first-order valence-electron chi connectivity index (χ1n) is 9.08. The van der Waals surface area contributed by atoms with Crippen molar-refractivity contribution in [1.29, 1.82) is 0 Å². The van der Waals surface area contributed by atoms with Crippen molar-refractivity contribution in [3.8, 4) is 0 Å². The molecule has 0 spiro atoms. The van der Waals surface area contributed by atoms with E-state index in [4.69, 9.17) is 0 Å². The van der Waals surface area contributed by atoms with Gasteiger partial charge in [-0.3, -0.25) is 0 Å². The quantitative estimate of drug-likeness (QED) is 0.729. The highest BCUT2D eigenvalue weighted by molar-refractivity contribution is 4.75. The summed E-state index contributed by atoms with van der Waals surface area (Å²) in [6.07, 6.45) is 10.2. The SMILES string of the molecule is CCN1CCC(CCN(C)CC2CCC(C)CC2)CC1. The summed E-state index contributed by atoms with van der Waals surface area (Å²) >= 11 is 0. The van der Waals surface area contributed by atoms with E-state index < -0.39 is 0 Å². The number of nitrogens with zero attached hydrogens (tertiary/aromatic N) is 2. The maximum Gasteiger partial charge on any atom is 0.000661 e. The normalized spacial score (nSPS) is 30.0. The molecule has 20 heavy (non-hydrogen) atoms. The summed E-state index contributed by atoms with van der Waals surface area (Å²) in [6, 6.07) is 0. The zero-order chi connectivity index (χ0) is 14.4. The Morgan fingerprint density at radius 1 is 0.950 bits per heavy atom. The first-order chi connectivity index (χ1) is 9.67. The van der Waals surface area contributed by atoms with Gasteiger partial charge < -0.3 is 9.80 Å². The lowest BCUT2D eigenvalue weighted by atomic mass is 9.83. The third-order valence-corrected chi connectivity index (χ3v) is 5.78. The molecule has 0 aromatic carbocycles. The van der Waals surface area contributed by atoms with Crippen LogP contribution in [0.1, 0.15) is 58.8 Å². The van der Waals surface area contributed by atoms with Crippen LogP contribution in [-0.2, 0) is 0 Å². The van der Waals surface area contributed by atoms with Gasteiger partial charge in [0.2, 0.25) is 0 Å². The van der Waals surface area contributed by atoms with Gasteiger partial charge in [0.25, 0.3) is 0 Å². The Bertz CT molecular complexity index is 250. The lowest BCUT2D eigenvalue weighted by Crippen LogP contribution is -2.35. The molecule has 2 heteroatoms. The summed E-state index contributed by atoms with van der Waals surface area (Å²) in [4.78, 5) is 5.22. The fraction of sp³-hybridized carbons (Fsp3) is 1.00. The van der Waals surface area contributed by atoms with Gasteiger partial charge in [-0.05, 0) is 83.1 Å². The molecule has 2 aliphatic rings. The fourth-order valence-corrected chi connectivity index (χ4v) is 4.04. The van der Waals surface area contributed by atoms with E-state index >= 15 is 0 Å². The van der Waals surface area contributed by atoms with Crippen molar-refractivity contribution >= 4 is 0 Å². The van der Waals surface area contributed by atoms with Gasteiger partial charge in [0.15, 0.2) is 0 Å². The smallest absolute Gasteiger partial charge is 0.000661 e. The second-order valence-corrected chi connectivity index (χ2v) is 7.55. The van der Waals surface area contributed by atoms with Crippen LogP contribution < -0.4 is 0 Å². The van der Waals surface area contributed by atoms with E-state index in [1.807, 2.05) is 0 Å². The van der Waals surface area contributed by atoms with Crippen LogP contribution in [0, 0.1) is 17.8 Å². The third-order valence-electron chi connectivity index (χ3n) is 5.78. The van der Waals surface area contributed by atoms with Crippen molar-refractivity contribution in [3.05, 3.63) is 0 Å². The molecule has 1 saturated heterocycles. The molecule has 2 rings (SSSR count). The van der Waals surface area contributed by atoms with Crippen molar-refractivity contribution in [1.82, 2.24) is 9.80 Å². The van der Waals surface area contributed by atoms with Crippen molar-refractivity contribution in [3.63, 3.8) is 0 Å². The summed E-state index contributed by atoms with van der Waals surface area (Å²) in [5.74, 6) is 2.96. The highest BCUT2D eigenvalue weighted by Gasteiger charge is 2.21. The molecular weight excluding hydrogens is 244 g/mol. The maximum atomic E-state index is 2.62. The van der Waals surface area contributed by atoms with Gasteiger partial charge in [-0.25, -0.2) is 0 Å². The molecular formula is C18H36N2. The Morgan fingerprint density at radius 3 is 2.20 bits per heavy atom. The molecule has 0 N–H and O–H groups in total. The van der Waals surface area contributed by atoms with Crippen molar-refractivity contribution in [2.75, 3.05) is 39.8 Å². The molecule has 118 valence electrons. The lowest BCUT2D eigenvalue weighted by molar-refractivity contribution is 0.163. The Balaban J connectivity index is 1.57. The van der Waals surface area contributed by atoms with E-state index in [1.54, 1.807) is 0 Å². The van der Waals surface area contributed by atoms with Crippen LogP contribution in [0.3, 0.4) is 0 Å². The largest absolute Gasteiger partial charge is 0.306 e. The minimum absolute atomic E-state index is 0.984. The number of hydrogen-bond donors (Lipinski definition) is 0. The van der Waals surface area contributed by atoms with Gasteiger partial charge in [0.1, 0.15) is 0 Å². The van der Waals surface area contributed by atoms with Gasteiger partial charge in [-0.15, -0.1) is 0 Å². The minimum Gasteiger partial charge on any atom is -0.306 e. The summed E-state index contributed by atoms with van der Waals surface area (Å²) in [5, 5.41) is 0. The van der Waals surface area contributed by atoms with Crippen molar-refractivity contribution in [2.45, 2.75) is 58.8 Å². The van der Waals surface area contributed by atoms with Crippen LogP contribution in [0.25, 0.3) is 0 Å². The standard InChI is InChI=1S/C18H36N2/c1-4-20-13-10-17(11-14-20)9-12-19(3)15-18-7-5-16(2)6-8-18/h16-18H,4-15H2,1-3H3. The summed E-state index contributed by atoms with van der Waals surface area (Å²) in [6.45, 7) is 11.3. The van der Waals surface area contributed by atoms with E-state index in [-0.39, 0.29) is 0 Å². The fourth-order valence-electron chi connectivity index (χ4n) is 4.04. The highest BCUT2D eigenvalue weighted by Crippen LogP contribution is 2.29. The van der Waals surface area contributed by atoms with Gasteiger partial charge in [0.05, 0.1) is 0 Å². The number of hydrogen-bond acceptors (Lipinski definition) is 2. The molecule has 0 aromatic heterocycles. The van der Waals surface area contributed by atoms with Crippen LogP contribution in [0.5, 0.6) is 0 Å². The zero-order valence-corrected chi connectivity index (χ0v) is 14.1. The first kappa shape index (κ1) is 16.3. The molecule has 0 radical (unpaired) electrons. The monoisotopic (exact) mass is 280 g/mol. The van der Waals surface area contributed by atoms with Crippen LogP contribution in [0.2, 0.25) is 0 Å². The molecule has 0 aromatic rings. The van der Waals surface area contributed by atoms with Crippen LogP contribution >= 0.6 is 0 Å². The van der Waals surface area contributed by atoms with Crippen molar-refractivity contribution in [2.24, 2.45) is 17.8 Å². The number of piperidine rings is 1. The second kappa shape index (κ2) is 8.38. The summed E-state index contributed by atoms with van der Waals surface area (Å²) < 4.78 is 0. The lowest BCUT2D eigenvalue weighted by Gasteiger charge is -2.33. The van der Waals surface area contributed by atoms with Gasteiger partial charge in [0, 0.05) is 6.54 Å². The molecule has 0 atom stereocenters. The predicted octanol–water partition coefficient (Wildman–Crippen LogP) is 3.87. The van der Waals surface area contributed by atoms with Gasteiger partial charge in [-0.1, -0.05) is 26.7 Å². The Kier molecular flexibility index (Phi) is 6.83. The molecule has 1 aliphatic heterocycles. The highest BCUT2D eigenvalue weighted by atomic mass is 15.1. The van der Waals surface area contributed by atoms with E-state index in [1.165, 1.54) is 77.7 Å². The molecule has 1 heterocycles. The molecule has 2 nitrogen and oxygen atoms in total. The second-order valence-electron chi connectivity index (χ2n) is 7.55. The summed E-state index contributed by atoms with van der Waals surface area (Å²) in [7, 11) is 2.35. The Labute approximate surface area is 126 Å². The van der Waals surface area contributed by atoms with Gasteiger partial charge in [-0.2, -0.15) is 0 Å². The number of likely N-dealkylation sites (tertiary alicyclic amines) is 1. The average Bonchev–Trinajstić information content (AvgIpc) is 2.48. The molecule has 0 unspecified atom stereocenters. The van der Waals surface area contributed by atoms with E-state index in [2.05, 4.69) is 30.7 Å². The molecule has 1 saturated carbocycles. The van der Waals surface area contributed by atoms with Crippen molar-refractivity contribution < 1.29 is 0 Å². The topological polar surface area (TPSA) is 6.48 Å². The van der Waals surface area contributed by atoms with Crippen LogP contribution in [0.4, 0.5) is 0 Å². The van der Waals surface area contributed by atoms with E-state index in [0.29, 0.717) is 0 Å². The third kappa shape index (κ3) is 5.37. The Morgan fingerprint density at radius 2 is 1.60 bits per heavy atom. The molecule has 0 amide bonds.